The molecule has 432 valence electrons. The van der Waals surface area contributed by atoms with E-state index in [1.54, 1.807) is 60.3 Å². The Hall–Kier alpha value is -6.68. The third-order valence-corrected chi connectivity index (χ3v) is 20.6. The Morgan fingerprint density at radius 3 is 1.65 bits per heavy atom. The highest BCUT2D eigenvalue weighted by Gasteiger charge is 2.49. The molecular formula is C61H62Cl2F2N10O6S2. The van der Waals surface area contributed by atoms with Crippen LogP contribution >= 0.6 is 23.2 Å². The summed E-state index contributed by atoms with van der Waals surface area (Å²) in [6.07, 6.45) is 11.8. The first-order valence-electron chi connectivity index (χ1n) is 27.9. The zero-order chi connectivity index (χ0) is 57.8. The molecule has 0 amide bonds. The minimum Gasteiger partial charge on any atom is -0.461 e. The fourth-order valence-electron chi connectivity index (χ4n) is 13.1. The third-order valence-electron chi connectivity index (χ3n) is 17.3. The molecule has 8 heterocycles. The predicted molar refractivity (Wildman–Crippen MR) is 324 cm³/mol. The van der Waals surface area contributed by atoms with Gasteiger partial charge in [0.1, 0.15) is 47.3 Å². The average Bonchev–Trinajstić information content (AvgIpc) is 4.34. The standard InChI is InChI=1S/C61H62Cl2F2N10O6S2/c1-4-82(76,77)31-28-72(2)56-44-34-66-53(43-19-6-15-41-17-8-21-47(63)49(41)43)51(65)55(44)69-59(71-56)81-38-61-24-12-27-75(61)36-39(33-61)13-9-30-83(78,79)32-29-73(3)57-45-35-67-52(42-18-5-14-40-16-7-20-46(62)48(40)42)50(64)54(45)68-58(70-57)80-37-60-22-10-25-74(60)26-11-23-60/h4-9,14-21,30,34-35,39H,1,10-13,22-29,31-33,36-38H2,2-3H3/b30-9+. The van der Waals surface area contributed by atoms with Crippen molar-refractivity contribution in [3.05, 3.63) is 130 Å². The molecule has 0 spiro atoms. The monoisotopic (exact) mass is 1200 g/mol. The molecule has 4 aromatic carbocycles. The van der Waals surface area contributed by atoms with Crippen molar-refractivity contribution >= 4 is 97.9 Å². The summed E-state index contributed by atoms with van der Waals surface area (Å²) in [5.74, 6) is -1.27. The summed E-state index contributed by atoms with van der Waals surface area (Å²) in [7, 11) is -3.96. The molecule has 4 aliphatic rings. The van der Waals surface area contributed by atoms with Gasteiger partial charge in [-0.3, -0.25) is 19.8 Å². The van der Waals surface area contributed by atoms with Gasteiger partial charge in [-0.25, -0.2) is 25.6 Å². The first kappa shape index (κ1) is 56.8. The number of hydrogen-bond acceptors (Lipinski definition) is 16. The number of aromatic nitrogens is 6. The summed E-state index contributed by atoms with van der Waals surface area (Å²) >= 11 is 13.4. The Labute approximate surface area is 491 Å². The van der Waals surface area contributed by atoms with Gasteiger partial charge in [-0.1, -0.05) is 96.5 Å². The van der Waals surface area contributed by atoms with E-state index in [1.807, 2.05) is 42.5 Å². The number of allylic oxidation sites excluding steroid dienone is 1. The molecular weight excluding hydrogens is 1140 g/mol. The van der Waals surface area contributed by atoms with E-state index in [1.165, 1.54) is 17.8 Å². The molecule has 16 nitrogen and oxygen atoms in total. The highest BCUT2D eigenvalue weighted by atomic mass is 35.5. The second-order valence-electron chi connectivity index (χ2n) is 22.5. The fourth-order valence-corrected chi connectivity index (χ4v) is 15.4. The van der Waals surface area contributed by atoms with Crippen molar-refractivity contribution in [1.29, 1.82) is 0 Å². The highest BCUT2D eigenvalue weighted by Crippen LogP contribution is 2.45. The fraction of sp³-hybridized carbons (Fsp3) is 0.377. The summed E-state index contributed by atoms with van der Waals surface area (Å²) in [6, 6.07) is 21.8. The lowest BCUT2D eigenvalue weighted by molar-refractivity contribution is 0.107. The van der Waals surface area contributed by atoms with Crippen molar-refractivity contribution in [3.63, 3.8) is 0 Å². The molecule has 2 unspecified atom stereocenters. The molecule has 2 atom stereocenters. The van der Waals surface area contributed by atoms with E-state index in [4.69, 9.17) is 42.6 Å². The van der Waals surface area contributed by atoms with Crippen LogP contribution in [0.25, 0.3) is 65.9 Å². The van der Waals surface area contributed by atoms with Gasteiger partial charge in [0.15, 0.2) is 31.3 Å². The number of ether oxygens (including phenoxy) is 2. The van der Waals surface area contributed by atoms with Gasteiger partial charge in [0.25, 0.3) is 0 Å². The molecule has 4 aromatic heterocycles. The zero-order valence-corrected chi connectivity index (χ0v) is 49.2. The number of benzene rings is 4. The molecule has 4 fully saturated rings. The van der Waals surface area contributed by atoms with E-state index in [0.29, 0.717) is 69.1 Å². The zero-order valence-electron chi connectivity index (χ0n) is 46.1. The van der Waals surface area contributed by atoms with Crippen LogP contribution in [0.1, 0.15) is 51.4 Å². The van der Waals surface area contributed by atoms with Gasteiger partial charge in [-0.2, -0.15) is 19.9 Å². The molecule has 0 bridgehead atoms. The summed E-state index contributed by atoms with van der Waals surface area (Å²) in [5.41, 5.74) is 0.492. The number of fused-ring (bicyclic) bond motifs is 6. The Morgan fingerprint density at radius 2 is 1.13 bits per heavy atom. The maximum Gasteiger partial charge on any atom is 0.319 e. The van der Waals surface area contributed by atoms with Crippen molar-refractivity contribution in [2.24, 2.45) is 5.92 Å². The summed E-state index contributed by atoms with van der Waals surface area (Å²) < 4.78 is 99.7. The number of hydrogen-bond donors (Lipinski definition) is 0. The predicted octanol–water partition coefficient (Wildman–Crippen LogP) is 11.3. The van der Waals surface area contributed by atoms with Gasteiger partial charge in [-0.05, 0) is 99.8 Å². The molecule has 0 aliphatic carbocycles. The van der Waals surface area contributed by atoms with E-state index in [-0.39, 0.29) is 88.3 Å². The van der Waals surface area contributed by atoms with Crippen LogP contribution in [0.15, 0.2) is 109 Å². The lowest BCUT2D eigenvalue weighted by atomic mass is 9.89. The first-order valence-corrected chi connectivity index (χ1v) is 32.1. The van der Waals surface area contributed by atoms with Gasteiger partial charge in [-0.15, -0.1) is 0 Å². The van der Waals surface area contributed by atoms with Crippen molar-refractivity contribution < 1.29 is 35.1 Å². The number of rotatable bonds is 20. The smallest absolute Gasteiger partial charge is 0.319 e. The van der Waals surface area contributed by atoms with Crippen LogP contribution in [0.2, 0.25) is 10.0 Å². The average molecular weight is 1200 g/mol. The minimum atomic E-state index is -3.75. The number of sulfone groups is 2. The van der Waals surface area contributed by atoms with Crippen LogP contribution < -0.4 is 19.3 Å². The van der Waals surface area contributed by atoms with Crippen LogP contribution in [-0.2, 0) is 19.7 Å². The van der Waals surface area contributed by atoms with E-state index < -0.39 is 36.8 Å². The molecule has 22 heteroatoms. The molecule has 4 saturated heterocycles. The van der Waals surface area contributed by atoms with E-state index >= 15 is 8.78 Å². The quantitative estimate of drug-likeness (QED) is 0.0703. The Morgan fingerprint density at radius 1 is 0.663 bits per heavy atom. The van der Waals surface area contributed by atoms with Crippen LogP contribution in [0.3, 0.4) is 0 Å². The lowest BCUT2D eigenvalue weighted by Crippen LogP contribution is -2.43. The maximum absolute atomic E-state index is 17.1. The van der Waals surface area contributed by atoms with E-state index in [0.717, 1.165) is 74.3 Å². The van der Waals surface area contributed by atoms with Crippen molar-refractivity contribution in [2.75, 3.05) is 87.9 Å². The Kier molecular flexibility index (Phi) is 15.5. The van der Waals surface area contributed by atoms with Crippen molar-refractivity contribution in [3.8, 4) is 34.5 Å². The molecule has 8 aromatic rings. The van der Waals surface area contributed by atoms with Crippen LogP contribution in [-0.4, -0.2) is 146 Å². The Bertz CT molecular complexity index is 4120. The topological polar surface area (TPSA) is 177 Å². The van der Waals surface area contributed by atoms with E-state index in [9.17, 15) is 16.8 Å². The molecule has 0 radical (unpaired) electrons. The van der Waals surface area contributed by atoms with Crippen LogP contribution in [0.4, 0.5) is 20.4 Å². The maximum atomic E-state index is 17.1. The van der Waals surface area contributed by atoms with Crippen LogP contribution in [0, 0.1) is 17.6 Å². The SMILES string of the molecule is C=CS(=O)(=O)CCN(C)c1nc(OCC23CCCN2CC(C/C=C/S(=O)(=O)CCN(C)c2nc(OCC45CCCN4CCC5)nc4c(F)c(-c5cccc6cccc(Cl)c56)ncc24)C3)nc2c(F)c(-c3cccc4cccc(Cl)c34)ncc12. The third kappa shape index (κ3) is 11.1. The molecule has 0 saturated carbocycles. The van der Waals surface area contributed by atoms with Crippen LogP contribution in [0.5, 0.6) is 12.0 Å². The van der Waals surface area contributed by atoms with Gasteiger partial charge < -0.3 is 19.3 Å². The molecule has 0 N–H and O–H groups in total. The minimum absolute atomic E-state index is 0.00145. The number of pyridine rings is 2. The van der Waals surface area contributed by atoms with Gasteiger partial charge >= 0.3 is 12.0 Å². The Balaban J connectivity index is 0.756. The summed E-state index contributed by atoms with van der Waals surface area (Å²) in [4.78, 5) is 36.2. The van der Waals surface area contributed by atoms with Gasteiger partial charge in [0, 0.05) is 88.9 Å². The first-order chi connectivity index (χ1) is 39.9. The normalized spacial score (nSPS) is 19.1. The summed E-state index contributed by atoms with van der Waals surface area (Å²) in [6.45, 7) is 7.53. The van der Waals surface area contributed by atoms with Gasteiger partial charge in [0.05, 0.1) is 33.4 Å². The second kappa shape index (κ2) is 22.7. The second-order valence-corrected chi connectivity index (χ2v) is 27.4. The molecule has 4 aliphatic heterocycles. The highest BCUT2D eigenvalue weighted by molar-refractivity contribution is 7.94. The summed E-state index contributed by atoms with van der Waals surface area (Å²) in [5, 5.41) is 6.58. The lowest BCUT2D eigenvalue weighted by Gasteiger charge is -2.31. The molecule has 83 heavy (non-hydrogen) atoms. The number of anilines is 2. The molecule has 12 rings (SSSR count). The van der Waals surface area contributed by atoms with E-state index in [2.05, 4.69) is 36.3 Å². The van der Waals surface area contributed by atoms with Crippen molar-refractivity contribution in [1.82, 2.24) is 39.7 Å². The number of nitrogens with zero attached hydrogens (tertiary/aromatic N) is 10. The van der Waals surface area contributed by atoms with Gasteiger partial charge in [0.2, 0.25) is 0 Å². The number of halogens is 4. The van der Waals surface area contributed by atoms with Crippen molar-refractivity contribution in [2.45, 2.75) is 62.4 Å². The largest absolute Gasteiger partial charge is 0.461 e.